The largest absolute Gasteiger partial charge is 0.484 e. The van der Waals surface area contributed by atoms with Crippen LogP contribution < -0.4 is 14.9 Å². The first kappa shape index (κ1) is 21.3. The molecule has 0 aliphatic carbocycles. The van der Waals surface area contributed by atoms with Crippen LogP contribution >= 0.6 is 11.3 Å². The molecular formula is C23H22N2O4S. The van der Waals surface area contributed by atoms with E-state index in [2.05, 4.69) is 24.4 Å². The van der Waals surface area contributed by atoms with Gasteiger partial charge in [-0.1, -0.05) is 32.0 Å². The molecule has 2 aromatic carbocycles. The van der Waals surface area contributed by atoms with E-state index in [9.17, 15) is 9.59 Å². The summed E-state index contributed by atoms with van der Waals surface area (Å²) in [6.45, 7) is 4.11. The number of hydrazone groups is 1. The number of ether oxygens (including phenoxy) is 2. The second kappa shape index (κ2) is 10.4. The second-order valence-corrected chi connectivity index (χ2v) is 7.69. The third-order valence-corrected chi connectivity index (χ3v) is 4.98. The smallest absolute Gasteiger partial charge is 0.353 e. The van der Waals surface area contributed by atoms with Crippen LogP contribution in [-0.2, 0) is 4.79 Å². The molecule has 0 aliphatic heterocycles. The van der Waals surface area contributed by atoms with Gasteiger partial charge in [0, 0.05) is 0 Å². The third-order valence-electron chi connectivity index (χ3n) is 4.13. The second-order valence-electron chi connectivity index (χ2n) is 6.74. The van der Waals surface area contributed by atoms with Crippen LogP contribution in [0.5, 0.6) is 11.5 Å². The van der Waals surface area contributed by atoms with Gasteiger partial charge in [-0.3, -0.25) is 4.79 Å². The Morgan fingerprint density at radius 2 is 1.73 bits per heavy atom. The number of hydrogen-bond acceptors (Lipinski definition) is 6. The first-order chi connectivity index (χ1) is 14.5. The molecule has 0 aliphatic rings. The Morgan fingerprint density at radius 1 is 1.03 bits per heavy atom. The average molecular weight is 423 g/mol. The molecule has 0 fully saturated rings. The van der Waals surface area contributed by atoms with Gasteiger partial charge in [0.1, 0.15) is 16.4 Å². The van der Waals surface area contributed by atoms with Crippen molar-refractivity contribution in [1.29, 1.82) is 0 Å². The Bertz CT molecular complexity index is 995. The Balaban J connectivity index is 1.43. The SMILES string of the molecule is CC(C)c1ccc(OCC(=O)N/N=C/c2ccc(OC(=O)c3cccs3)cc2)cc1. The minimum atomic E-state index is -0.391. The predicted molar refractivity (Wildman–Crippen MR) is 117 cm³/mol. The summed E-state index contributed by atoms with van der Waals surface area (Å²) in [5, 5.41) is 5.73. The van der Waals surface area contributed by atoms with Crippen molar-refractivity contribution in [3.8, 4) is 11.5 Å². The first-order valence-electron chi connectivity index (χ1n) is 9.41. The lowest BCUT2D eigenvalue weighted by atomic mass is 10.0. The number of esters is 1. The summed E-state index contributed by atoms with van der Waals surface area (Å²) in [7, 11) is 0. The van der Waals surface area contributed by atoms with Gasteiger partial charge in [0.2, 0.25) is 0 Å². The maximum Gasteiger partial charge on any atom is 0.353 e. The molecule has 0 radical (unpaired) electrons. The summed E-state index contributed by atoms with van der Waals surface area (Å²) in [5.41, 5.74) is 4.38. The van der Waals surface area contributed by atoms with E-state index >= 15 is 0 Å². The molecule has 7 heteroatoms. The van der Waals surface area contributed by atoms with Crippen LogP contribution in [0, 0.1) is 0 Å². The van der Waals surface area contributed by atoms with E-state index in [0.717, 1.165) is 5.56 Å². The molecule has 30 heavy (non-hydrogen) atoms. The first-order valence-corrected chi connectivity index (χ1v) is 10.3. The summed E-state index contributed by atoms with van der Waals surface area (Å²) in [6.07, 6.45) is 1.50. The molecule has 0 bridgehead atoms. The fourth-order valence-corrected chi connectivity index (χ4v) is 3.08. The zero-order chi connectivity index (χ0) is 21.3. The number of carbonyl (C=O) groups is 2. The molecule has 0 spiro atoms. The van der Waals surface area contributed by atoms with Crippen molar-refractivity contribution >= 4 is 29.4 Å². The van der Waals surface area contributed by atoms with Gasteiger partial charge in [0.15, 0.2) is 6.61 Å². The minimum Gasteiger partial charge on any atom is -0.484 e. The summed E-state index contributed by atoms with van der Waals surface area (Å²) < 4.78 is 10.7. The molecule has 3 rings (SSSR count). The van der Waals surface area contributed by atoms with Gasteiger partial charge in [-0.05, 0) is 64.9 Å². The van der Waals surface area contributed by atoms with Crippen LogP contribution in [0.15, 0.2) is 71.1 Å². The molecule has 0 unspecified atom stereocenters. The van der Waals surface area contributed by atoms with Gasteiger partial charge in [0.25, 0.3) is 5.91 Å². The van der Waals surface area contributed by atoms with E-state index in [1.54, 1.807) is 36.4 Å². The summed E-state index contributed by atoms with van der Waals surface area (Å²) >= 11 is 1.33. The quantitative estimate of drug-likeness (QED) is 0.249. The number of nitrogens with one attached hydrogen (secondary N) is 1. The van der Waals surface area contributed by atoms with Crippen molar-refractivity contribution in [3.05, 3.63) is 82.0 Å². The van der Waals surface area contributed by atoms with Crippen LogP contribution in [-0.4, -0.2) is 24.7 Å². The molecule has 0 saturated carbocycles. The molecule has 1 amide bonds. The lowest BCUT2D eigenvalue weighted by Crippen LogP contribution is -2.24. The topological polar surface area (TPSA) is 77.0 Å². The van der Waals surface area contributed by atoms with Gasteiger partial charge < -0.3 is 9.47 Å². The Labute approximate surface area is 179 Å². The molecule has 0 saturated heterocycles. The molecule has 1 aromatic heterocycles. The average Bonchev–Trinajstić information content (AvgIpc) is 3.29. The summed E-state index contributed by atoms with van der Waals surface area (Å²) in [5.74, 6) is 0.759. The highest BCUT2D eigenvalue weighted by Crippen LogP contribution is 2.18. The monoisotopic (exact) mass is 422 g/mol. The van der Waals surface area contributed by atoms with Crippen LogP contribution in [0.4, 0.5) is 0 Å². The summed E-state index contributed by atoms with van der Waals surface area (Å²) in [6, 6.07) is 18.0. The molecular weight excluding hydrogens is 400 g/mol. The highest BCUT2D eigenvalue weighted by atomic mass is 32.1. The fourth-order valence-electron chi connectivity index (χ4n) is 2.48. The molecule has 154 valence electrons. The molecule has 6 nitrogen and oxygen atoms in total. The maximum atomic E-state index is 11.9. The van der Waals surface area contributed by atoms with Gasteiger partial charge in [-0.2, -0.15) is 5.10 Å². The van der Waals surface area contributed by atoms with Crippen molar-refractivity contribution in [1.82, 2.24) is 5.43 Å². The van der Waals surface area contributed by atoms with Crippen molar-refractivity contribution in [3.63, 3.8) is 0 Å². The number of amides is 1. The van der Waals surface area contributed by atoms with Gasteiger partial charge in [0.05, 0.1) is 6.21 Å². The third kappa shape index (κ3) is 6.28. The minimum absolute atomic E-state index is 0.129. The number of nitrogens with zero attached hydrogens (tertiary/aromatic N) is 1. The number of carbonyl (C=O) groups excluding carboxylic acids is 2. The maximum absolute atomic E-state index is 11.9. The van der Waals surface area contributed by atoms with Crippen LogP contribution in [0.1, 0.15) is 40.6 Å². The molecule has 3 aromatic rings. The zero-order valence-corrected chi connectivity index (χ0v) is 17.5. The lowest BCUT2D eigenvalue weighted by Gasteiger charge is -2.08. The fraction of sp³-hybridized carbons (Fsp3) is 0.174. The van der Waals surface area contributed by atoms with E-state index in [4.69, 9.17) is 9.47 Å². The van der Waals surface area contributed by atoms with E-state index in [1.165, 1.54) is 23.1 Å². The van der Waals surface area contributed by atoms with Gasteiger partial charge in [-0.25, -0.2) is 10.2 Å². The highest BCUT2D eigenvalue weighted by molar-refractivity contribution is 7.12. The normalized spacial score (nSPS) is 10.9. The van der Waals surface area contributed by atoms with Crippen molar-refractivity contribution in [2.24, 2.45) is 5.10 Å². The Morgan fingerprint density at radius 3 is 2.37 bits per heavy atom. The van der Waals surface area contributed by atoms with Gasteiger partial charge >= 0.3 is 5.97 Å². The van der Waals surface area contributed by atoms with E-state index in [1.807, 2.05) is 29.6 Å². The number of rotatable bonds is 8. The standard InChI is InChI=1S/C23H22N2O4S/c1-16(2)18-7-11-19(12-8-18)28-15-22(26)25-24-14-17-5-9-20(10-6-17)29-23(27)21-4-3-13-30-21/h3-14,16H,15H2,1-2H3,(H,25,26)/b24-14+. The van der Waals surface area contributed by atoms with E-state index < -0.39 is 5.97 Å². The van der Waals surface area contributed by atoms with Gasteiger partial charge in [-0.15, -0.1) is 11.3 Å². The van der Waals surface area contributed by atoms with Crippen molar-refractivity contribution in [2.75, 3.05) is 6.61 Å². The summed E-state index contributed by atoms with van der Waals surface area (Å²) in [4.78, 5) is 24.3. The van der Waals surface area contributed by atoms with Crippen molar-refractivity contribution in [2.45, 2.75) is 19.8 Å². The number of hydrogen-bond donors (Lipinski definition) is 1. The lowest BCUT2D eigenvalue weighted by molar-refractivity contribution is -0.123. The van der Waals surface area contributed by atoms with Crippen LogP contribution in [0.25, 0.3) is 0 Å². The Kier molecular flexibility index (Phi) is 7.34. The molecule has 1 N–H and O–H groups in total. The van der Waals surface area contributed by atoms with Crippen LogP contribution in [0.2, 0.25) is 0 Å². The number of thiophene rings is 1. The van der Waals surface area contributed by atoms with E-state index in [0.29, 0.717) is 22.3 Å². The predicted octanol–water partition coefficient (Wildman–Crippen LogP) is 4.62. The molecule has 0 atom stereocenters. The Hall–Kier alpha value is -3.45. The van der Waals surface area contributed by atoms with E-state index in [-0.39, 0.29) is 12.5 Å². The highest BCUT2D eigenvalue weighted by Gasteiger charge is 2.09. The zero-order valence-electron chi connectivity index (χ0n) is 16.7. The van der Waals surface area contributed by atoms with Crippen molar-refractivity contribution < 1.29 is 19.1 Å². The number of benzene rings is 2. The van der Waals surface area contributed by atoms with Crippen LogP contribution in [0.3, 0.4) is 0 Å². The molecule has 1 heterocycles.